The van der Waals surface area contributed by atoms with Crippen LogP contribution in [0.25, 0.3) is 10.9 Å². The molecule has 6 nitrogen and oxygen atoms in total. The standard InChI is InChI=1S/C23H20BrN3O3/c1-28-21-9-5-7-16(22(21)29-2)14-30-17-10-11-20(18(24)12-17)27-23-25-13-15-6-3-4-8-19(15)26-23/h3-13H,14H2,1-2H3,(H,25,26,27). The first-order valence-corrected chi connectivity index (χ1v) is 10.1. The molecule has 0 bridgehead atoms. The highest BCUT2D eigenvalue weighted by atomic mass is 79.9. The summed E-state index contributed by atoms with van der Waals surface area (Å²) in [5.74, 6) is 2.60. The summed E-state index contributed by atoms with van der Waals surface area (Å²) in [5, 5.41) is 4.24. The number of nitrogens with zero attached hydrogens (tertiary/aromatic N) is 2. The summed E-state index contributed by atoms with van der Waals surface area (Å²) in [6, 6.07) is 19.3. The lowest BCUT2D eigenvalue weighted by Gasteiger charge is -2.14. The fourth-order valence-corrected chi connectivity index (χ4v) is 3.53. The zero-order valence-electron chi connectivity index (χ0n) is 16.6. The highest BCUT2D eigenvalue weighted by molar-refractivity contribution is 9.10. The molecule has 1 aromatic heterocycles. The number of methoxy groups -OCH3 is 2. The molecule has 0 aliphatic carbocycles. The second-order valence-corrected chi connectivity index (χ2v) is 7.31. The van der Waals surface area contributed by atoms with Crippen molar-refractivity contribution in [2.24, 2.45) is 0 Å². The number of aromatic nitrogens is 2. The van der Waals surface area contributed by atoms with Gasteiger partial charge in [-0.15, -0.1) is 0 Å². The van der Waals surface area contributed by atoms with Crippen LogP contribution in [-0.4, -0.2) is 24.2 Å². The van der Waals surface area contributed by atoms with Crippen LogP contribution in [0.2, 0.25) is 0 Å². The van der Waals surface area contributed by atoms with E-state index in [1.807, 2.05) is 60.7 Å². The van der Waals surface area contributed by atoms with Crippen LogP contribution in [0, 0.1) is 0 Å². The Labute approximate surface area is 183 Å². The molecule has 7 heteroatoms. The van der Waals surface area contributed by atoms with Gasteiger partial charge in [0, 0.05) is 21.6 Å². The van der Waals surface area contributed by atoms with Gasteiger partial charge in [-0.2, -0.15) is 0 Å². The van der Waals surface area contributed by atoms with E-state index in [0.29, 0.717) is 24.1 Å². The van der Waals surface area contributed by atoms with Crippen molar-refractivity contribution in [1.29, 1.82) is 0 Å². The van der Waals surface area contributed by atoms with E-state index >= 15 is 0 Å². The van der Waals surface area contributed by atoms with Crippen molar-refractivity contribution >= 4 is 38.5 Å². The average molecular weight is 466 g/mol. The van der Waals surface area contributed by atoms with Gasteiger partial charge in [-0.05, 0) is 46.3 Å². The second-order valence-electron chi connectivity index (χ2n) is 6.46. The first-order chi connectivity index (χ1) is 14.7. The first kappa shape index (κ1) is 20.0. The first-order valence-electron chi connectivity index (χ1n) is 9.29. The van der Waals surface area contributed by atoms with Gasteiger partial charge in [-0.1, -0.05) is 30.3 Å². The summed E-state index contributed by atoms with van der Waals surface area (Å²) in [7, 11) is 3.23. The lowest BCUT2D eigenvalue weighted by atomic mass is 10.2. The van der Waals surface area contributed by atoms with Gasteiger partial charge in [0.15, 0.2) is 11.5 Å². The fraction of sp³-hybridized carbons (Fsp3) is 0.130. The number of nitrogens with one attached hydrogen (secondary N) is 1. The van der Waals surface area contributed by atoms with Crippen LogP contribution >= 0.6 is 15.9 Å². The minimum Gasteiger partial charge on any atom is -0.493 e. The molecule has 0 aliphatic rings. The topological polar surface area (TPSA) is 65.5 Å². The van der Waals surface area contributed by atoms with Gasteiger partial charge < -0.3 is 19.5 Å². The predicted octanol–water partition coefficient (Wildman–Crippen LogP) is 5.73. The summed E-state index contributed by atoms with van der Waals surface area (Å²) in [5.41, 5.74) is 2.63. The molecule has 0 aliphatic heterocycles. The maximum atomic E-state index is 5.95. The fourth-order valence-electron chi connectivity index (χ4n) is 3.07. The largest absolute Gasteiger partial charge is 0.493 e. The summed E-state index contributed by atoms with van der Waals surface area (Å²) in [6.07, 6.45) is 1.80. The smallest absolute Gasteiger partial charge is 0.227 e. The van der Waals surface area contributed by atoms with E-state index in [9.17, 15) is 0 Å². The van der Waals surface area contributed by atoms with Gasteiger partial charge in [0.1, 0.15) is 12.4 Å². The molecule has 3 aromatic carbocycles. The van der Waals surface area contributed by atoms with Crippen molar-refractivity contribution in [3.05, 3.63) is 76.9 Å². The van der Waals surface area contributed by atoms with E-state index in [0.717, 1.165) is 32.4 Å². The molecule has 0 saturated heterocycles. The number of anilines is 2. The van der Waals surface area contributed by atoms with Crippen molar-refractivity contribution in [3.63, 3.8) is 0 Å². The Bertz CT molecular complexity index is 1180. The van der Waals surface area contributed by atoms with Gasteiger partial charge in [0.05, 0.1) is 25.4 Å². The van der Waals surface area contributed by atoms with E-state index in [4.69, 9.17) is 14.2 Å². The summed E-state index contributed by atoms with van der Waals surface area (Å²) < 4.78 is 17.6. The van der Waals surface area contributed by atoms with Crippen LogP contribution in [0.3, 0.4) is 0 Å². The molecule has 1 heterocycles. The Kier molecular flexibility index (Phi) is 5.99. The number of hydrogen-bond donors (Lipinski definition) is 1. The Balaban J connectivity index is 1.48. The maximum Gasteiger partial charge on any atom is 0.227 e. The predicted molar refractivity (Wildman–Crippen MR) is 121 cm³/mol. The van der Waals surface area contributed by atoms with Crippen molar-refractivity contribution in [2.45, 2.75) is 6.61 Å². The van der Waals surface area contributed by atoms with Gasteiger partial charge in [0.2, 0.25) is 5.95 Å². The number of halogens is 1. The SMILES string of the molecule is COc1cccc(COc2ccc(Nc3ncc4ccccc4n3)c(Br)c2)c1OC. The number of rotatable bonds is 7. The molecule has 30 heavy (non-hydrogen) atoms. The lowest BCUT2D eigenvalue weighted by molar-refractivity contribution is 0.291. The van der Waals surface area contributed by atoms with Crippen LogP contribution in [0.1, 0.15) is 5.56 Å². The van der Waals surface area contributed by atoms with Crippen molar-refractivity contribution in [1.82, 2.24) is 9.97 Å². The molecule has 0 radical (unpaired) electrons. The molecule has 152 valence electrons. The normalized spacial score (nSPS) is 10.6. The van der Waals surface area contributed by atoms with Crippen LogP contribution in [0.5, 0.6) is 17.2 Å². The minimum atomic E-state index is 0.355. The third-order valence-electron chi connectivity index (χ3n) is 4.55. The van der Waals surface area contributed by atoms with Crippen LogP contribution in [0.15, 0.2) is 71.3 Å². The van der Waals surface area contributed by atoms with E-state index in [-0.39, 0.29) is 0 Å². The number of fused-ring (bicyclic) bond motifs is 1. The quantitative estimate of drug-likeness (QED) is 0.375. The number of para-hydroxylation sites is 2. The van der Waals surface area contributed by atoms with E-state index in [1.165, 1.54) is 0 Å². The molecule has 4 rings (SSSR count). The molecular formula is C23H20BrN3O3. The van der Waals surface area contributed by atoms with Gasteiger partial charge in [-0.3, -0.25) is 0 Å². The van der Waals surface area contributed by atoms with E-state index < -0.39 is 0 Å². The zero-order valence-corrected chi connectivity index (χ0v) is 18.1. The molecule has 0 fully saturated rings. The van der Waals surface area contributed by atoms with E-state index in [2.05, 4.69) is 31.2 Å². The molecule has 0 amide bonds. The van der Waals surface area contributed by atoms with Crippen LogP contribution in [0.4, 0.5) is 11.6 Å². The Morgan fingerprint density at radius 3 is 2.63 bits per heavy atom. The average Bonchev–Trinajstić information content (AvgIpc) is 2.78. The van der Waals surface area contributed by atoms with E-state index in [1.54, 1.807) is 20.4 Å². The maximum absolute atomic E-state index is 5.95. The monoisotopic (exact) mass is 465 g/mol. The van der Waals surface area contributed by atoms with Gasteiger partial charge in [0.25, 0.3) is 0 Å². The second kappa shape index (κ2) is 9.00. The van der Waals surface area contributed by atoms with Crippen LogP contribution < -0.4 is 19.5 Å². The Morgan fingerprint density at radius 2 is 1.83 bits per heavy atom. The van der Waals surface area contributed by atoms with Gasteiger partial charge >= 0.3 is 0 Å². The van der Waals surface area contributed by atoms with Crippen molar-refractivity contribution in [2.75, 3.05) is 19.5 Å². The molecule has 0 atom stereocenters. The number of ether oxygens (including phenoxy) is 3. The third-order valence-corrected chi connectivity index (χ3v) is 5.21. The molecule has 0 saturated carbocycles. The molecular weight excluding hydrogens is 446 g/mol. The molecule has 1 N–H and O–H groups in total. The lowest BCUT2D eigenvalue weighted by Crippen LogP contribution is -2.01. The third kappa shape index (κ3) is 4.31. The summed E-state index contributed by atoms with van der Waals surface area (Å²) >= 11 is 3.59. The molecule has 4 aromatic rings. The summed E-state index contributed by atoms with van der Waals surface area (Å²) in [6.45, 7) is 0.355. The Hall–Kier alpha value is -3.32. The molecule has 0 spiro atoms. The number of hydrogen-bond acceptors (Lipinski definition) is 6. The highest BCUT2D eigenvalue weighted by Gasteiger charge is 2.11. The van der Waals surface area contributed by atoms with Crippen LogP contribution in [-0.2, 0) is 6.61 Å². The number of benzene rings is 3. The van der Waals surface area contributed by atoms with Crippen molar-refractivity contribution in [3.8, 4) is 17.2 Å². The Morgan fingerprint density at radius 1 is 0.967 bits per heavy atom. The zero-order chi connectivity index (χ0) is 20.9. The molecule has 0 unspecified atom stereocenters. The van der Waals surface area contributed by atoms with Crippen molar-refractivity contribution < 1.29 is 14.2 Å². The van der Waals surface area contributed by atoms with Gasteiger partial charge in [-0.25, -0.2) is 9.97 Å². The summed E-state index contributed by atoms with van der Waals surface area (Å²) in [4.78, 5) is 8.92. The highest BCUT2D eigenvalue weighted by Crippen LogP contribution is 2.33. The minimum absolute atomic E-state index is 0.355.